The molecule has 0 aliphatic carbocycles. The average Bonchev–Trinajstić information content (AvgIpc) is 2.47. The number of carbonyl (C=O) groups excluding carboxylic acids is 1. The number of hydrogen-bond acceptors (Lipinski definition) is 3. The summed E-state index contributed by atoms with van der Waals surface area (Å²) in [5, 5.41) is 9.13. The molecule has 1 aromatic rings. The summed E-state index contributed by atoms with van der Waals surface area (Å²) in [5.41, 5.74) is 0.767. The zero-order valence-electron chi connectivity index (χ0n) is 11.7. The van der Waals surface area contributed by atoms with Crippen molar-refractivity contribution >= 4 is 21.7 Å². The molecule has 1 heterocycles. The minimum absolute atomic E-state index is 0.186. The number of nitrogens with zero attached hydrogens (tertiary/aromatic N) is 1. The number of likely N-dealkylation sites (tertiary alicyclic amines) is 1. The molecule has 0 saturated carbocycles. The van der Waals surface area contributed by atoms with E-state index in [9.17, 15) is 4.79 Å². The van der Waals surface area contributed by atoms with Gasteiger partial charge in [-0.05, 0) is 31.9 Å². The van der Waals surface area contributed by atoms with Crippen LogP contribution in [-0.2, 0) is 0 Å². The van der Waals surface area contributed by atoms with Crippen LogP contribution in [-0.4, -0.2) is 41.5 Å². The summed E-state index contributed by atoms with van der Waals surface area (Å²) in [4.78, 5) is 14.6. The number of piperidine rings is 1. The Kier molecular flexibility index (Phi) is 6.20. The van der Waals surface area contributed by atoms with E-state index in [1.807, 2.05) is 24.3 Å². The van der Waals surface area contributed by atoms with E-state index in [1.54, 1.807) is 0 Å². The van der Waals surface area contributed by atoms with E-state index in [2.05, 4.69) is 20.8 Å². The van der Waals surface area contributed by atoms with Crippen LogP contribution in [0.4, 0.5) is 0 Å². The predicted molar refractivity (Wildman–Crippen MR) is 84.0 cm³/mol. The Labute approximate surface area is 129 Å². The second-order valence-electron chi connectivity index (χ2n) is 5.35. The zero-order chi connectivity index (χ0) is 14.4. The van der Waals surface area contributed by atoms with Gasteiger partial charge >= 0.3 is 0 Å². The van der Waals surface area contributed by atoms with Crippen molar-refractivity contribution in [3.05, 3.63) is 34.3 Å². The third kappa shape index (κ3) is 4.14. The molecule has 20 heavy (non-hydrogen) atoms. The van der Waals surface area contributed by atoms with Gasteiger partial charge in [0.1, 0.15) is 0 Å². The first-order valence-corrected chi connectivity index (χ1v) is 8.14. The Morgan fingerprint density at radius 3 is 2.90 bits per heavy atom. The van der Waals surface area contributed by atoms with Gasteiger partial charge in [-0.2, -0.15) is 0 Å². The largest absolute Gasteiger partial charge is 0.396 e. The van der Waals surface area contributed by atoms with Gasteiger partial charge in [0.2, 0.25) is 0 Å². The summed E-state index contributed by atoms with van der Waals surface area (Å²) in [6.07, 6.45) is 4.95. The molecule has 1 unspecified atom stereocenters. The zero-order valence-corrected chi connectivity index (χ0v) is 13.3. The van der Waals surface area contributed by atoms with E-state index in [4.69, 9.17) is 5.11 Å². The monoisotopic (exact) mass is 339 g/mol. The standard InChI is InChI=1S/C16H22BrNO2/c17-15-7-2-1-6-14(15)16(20)8-11-18-10-4-3-5-13(18)9-12-19/h1-2,6-7,13,19H,3-5,8-12H2. The molecule has 0 amide bonds. The Hall–Kier alpha value is -0.710. The number of ketones is 1. The summed E-state index contributed by atoms with van der Waals surface area (Å²) >= 11 is 3.43. The van der Waals surface area contributed by atoms with Crippen molar-refractivity contribution in [3.8, 4) is 0 Å². The van der Waals surface area contributed by atoms with Crippen molar-refractivity contribution in [2.75, 3.05) is 19.7 Å². The molecule has 0 aromatic heterocycles. The molecule has 1 aliphatic rings. The first-order valence-electron chi connectivity index (χ1n) is 7.35. The Bertz CT molecular complexity index is 448. The molecule has 3 nitrogen and oxygen atoms in total. The van der Waals surface area contributed by atoms with Gasteiger partial charge in [0.15, 0.2) is 5.78 Å². The van der Waals surface area contributed by atoms with Crippen LogP contribution < -0.4 is 0 Å². The number of hydrogen-bond donors (Lipinski definition) is 1. The molecule has 1 atom stereocenters. The highest BCUT2D eigenvalue weighted by molar-refractivity contribution is 9.10. The predicted octanol–water partition coefficient (Wildman–Crippen LogP) is 3.26. The maximum atomic E-state index is 12.3. The molecule has 1 aromatic carbocycles. The second kappa shape index (κ2) is 7.91. The minimum atomic E-state index is 0.186. The SMILES string of the molecule is O=C(CCN1CCCCC1CCO)c1ccccc1Br. The molecule has 1 aliphatic heterocycles. The van der Waals surface area contributed by atoms with Gasteiger partial charge in [0, 0.05) is 35.7 Å². The average molecular weight is 340 g/mol. The van der Waals surface area contributed by atoms with E-state index in [-0.39, 0.29) is 12.4 Å². The second-order valence-corrected chi connectivity index (χ2v) is 6.21. The van der Waals surface area contributed by atoms with Crippen LogP contribution in [0.15, 0.2) is 28.7 Å². The summed E-state index contributed by atoms with van der Waals surface area (Å²) < 4.78 is 0.871. The Balaban J connectivity index is 1.90. The van der Waals surface area contributed by atoms with E-state index in [0.717, 1.165) is 36.0 Å². The van der Waals surface area contributed by atoms with Crippen molar-refractivity contribution in [2.45, 2.75) is 38.1 Å². The van der Waals surface area contributed by atoms with E-state index < -0.39 is 0 Å². The fraction of sp³-hybridized carbons (Fsp3) is 0.562. The lowest BCUT2D eigenvalue weighted by atomic mass is 9.98. The molecule has 0 radical (unpaired) electrons. The van der Waals surface area contributed by atoms with Crippen molar-refractivity contribution in [1.82, 2.24) is 4.90 Å². The number of halogens is 1. The summed E-state index contributed by atoms with van der Waals surface area (Å²) in [6.45, 7) is 2.08. The van der Waals surface area contributed by atoms with E-state index in [1.165, 1.54) is 12.8 Å². The van der Waals surface area contributed by atoms with Gasteiger partial charge in [-0.1, -0.05) is 40.5 Å². The number of aliphatic hydroxyl groups is 1. The molecule has 4 heteroatoms. The molecular weight excluding hydrogens is 318 g/mol. The highest BCUT2D eigenvalue weighted by atomic mass is 79.9. The quantitative estimate of drug-likeness (QED) is 0.808. The molecule has 1 fully saturated rings. The van der Waals surface area contributed by atoms with Crippen molar-refractivity contribution in [2.24, 2.45) is 0 Å². The molecule has 1 saturated heterocycles. The smallest absolute Gasteiger partial charge is 0.165 e. The van der Waals surface area contributed by atoms with Crippen LogP contribution in [0.5, 0.6) is 0 Å². The van der Waals surface area contributed by atoms with E-state index in [0.29, 0.717) is 12.5 Å². The van der Waals surface area contributed by atoms with Crippen LogP contribution in [0.1, 0.15) is 42.5 Å². The van der Waals surface area contributed by atoms with Gasteiger partial charge in [0.05, 0.1) is 0 Å². The topological polar surface area (TPSA) is 40.5 Å². The lowest BCUT2D eigenvalue weighted by Gasteiger charge is -2.35. The number of rotatable bonds is 6. The fourth-order valence-corrected chi connectivity index (χ4v) is 3.40. The third-order valence-corrected chi connectivity index (χ3v) is 4.70. The minimum Gasteiger partial charge on any atom is -0.396 e. The maximum absolute atomic E-state index is 12.3. The molecule has 0 spiro atoms. The molecule has 0 bridgehead atoms. The summed E-state index contributed by atoms with van der Waals surface area (Å²) in [5.74, 6) is 0.186. The van der Waals surface area contributed by atoms with Gasteiger partial charge in [-0.25, -0.2) is 0 Å². The van der Waals surface area contributed by atoms with Gasteiger partial charge in [0.25, 0.3) is 0 Å². The highest BCUT2D eigenvalue weighted by Gasteiger charge is 2.22. The fourth-order valence-electron chi connectivity index (χ4n) is 2.90. The Morgan fingerprint density at radius 1 is 1.35 bits per heavy atom. The van der Waals surface area contributed by atoms with Crippen LogP contribution in [0.3, 0.4) is 0 Å². The first-order chi connectivity index (χ1) is 9.72. The molecule has 1 N–H and O–H groups in total. The van der Waals surface area contributed by atoms with Crippen LogP contribution in [0, 0.1) is 0 Å². The number of Topliss-reactive ketones (excluding diaryl/α,β-unsaturated/α-hetero) is 1. The van der Waals surface area contributed by atoms with Crippen molar-refractivity contribution in [3.63, 3.8) is 0 Å². The maximum Gasteiger partial charge on any atom is 0.165 e. The van der Waals surface area contributed by atoms with Crippen molar-refractivity contribution in [1.29, 1.82) is 0 Å². The molecule has 110 valence electrons. The summed E-state index contributed by atoms with van der Waals surface area (Å²) in [6, 6.07) is 8.04. The van der Waals surface area contributed by atoms with Gasteiger partial charge < -0.3 is 5.11 Å². The first kappa shape index (κ1) is 15.7. The molecular formula is C16H22BrNO2. The van der Waals surface area contributed by atoms with Crippen LogP contribution in [0.25, 0.3) is 0 Å². The lowest BCUT2D eigenvalue weighted by Crippen LogP contribution is -2.41. The number of aliphatic hydroxyl groups excluding tert-OH is 1. The third-order valence-electron chi connectivity index (χ3n) is 4.01. The van der Waals surface area contributed by atoms with Gasteiger partial charge in [-0.3, -0.25) is 9.69 Å². The number of benzene rings is 1. The van der Waals surface area contributed by atoms with Crippen LogP contribution in [0.2, 0.25) is 0 Å². The highest BCUT2D eigenvalue weighted by Crippen LogP contribution is 2.21. The van der Waals surface area contributed by atoms with Crippen molar-refractivity contribution < 1.29 is 9.90 Å². The van der Waals surface area contributed by atoms with Crippen LogP contribution >= 0.6 is 15.9 Å². The molecule has 2 rings (SSSR count). The van der Waals surface area contributed by atoms with E-state index >= 15 is 0 Å². The lowest BCUT2D eigenvalue weighted by molar-refractivity contribution is 0.0896. The summed E-state index contributed by atoms with van der Waals surface area (Å²) in [7, 11) is 0. The number of carbonyl (C=O) groups is 1. The van der Waals surface area contributed by atoms with Gasteiger partial charge in [-0.15, -0.1) is 0 Å². The normalized spacial score (nSPS) is 20.0. The Morgan fingerprint density at radius 2 is 2.15 bits per heavy atom.